The number of halogens is 1. The highest BCUT2D eigenvalue weighted by atomic mass is 35.5. The fourth-order valence-corrected chi connectivity index (χ4v) is 5.42. The molecule has 9 heteroatoms. The molecule has 4 aromatic rings. The highest BCUT2D eigenvalue weighted by Gasteiger charge is 2.48. The van der Waals surface area contributed by atoms with Crippen LogP contribution in [-0.4, -0.2) is 35.0 Å². The fourth-order valence-electron chi connectivity index (χ4n) is 4.27. The number of aliphatic hydroxyl groups excluding tert-OH is 1. The topological polar surface area (TPSA) is 89.0 Å². The summed E-state index contributed by atoms with van der Waals surface area (Å²) in [6.07, 6.45) is 0. The van der Waals surface area contributed by atoms with Gasteiger partial charge in [0.1, 0.15) is 17.3 Å². The predicted octanol–water partition coefficient (Wildman–Crippen LogP) is 6.37. The van der Waals surface area contributed by atoms with E-state index in [-0.39, 0.29) is 11.3 Å². The van der Waals surface area contributed by atoms with Crippen molar-refractivity contribution in [2.45, 2.75) is 19.9 Å². The Kier molecular flexibility index (Phi) is 6.86. The van der Waals surface area contributed by atoms with Crippen molar-refractivity contribution < 1.29 is 24.2 Å². The number of ether oxygens (including phenoxy) is 2. The first-order valence-electron chi connectivity index (χ1n) is 11.7. The number of anilines is 1. The van der Waals surface area contributed by atoms with Crippen LogP contribution in [0.5, 0.6) is 11.5 Å². The lowest BCUT2D eigenvalue weighted by atomic mass is 9.95. The number of rotatable bonds is 7. The number of benzene rings is 3. The van der Waals surface area contributed by atoms with Crippen molar-refractivity contribution in [3.05, 3.63) is 88.5 Å². The molecule has 1 N–H and O–H groups in total. The van der Waals surface area contributed by atoms with E-state index in [9.17, 15) is 14.7 Å². The van der Waals surface area contributed by atoms with E-state index in [4.69, 9.17) is 21.1 Å². The largest absolute Gasteiger partial charge is 0.507 e. The first-order chi connectivity index (χ1) is 17.9. The molecule has 2 heterocycles. The van der Waals surface area contributed by atoms with Crippen molar-refractivity contribution >= 4 is 55.7 Å². The van der Waals surface area contributed by atoms with E-state index in [1.165, 1.54) is 16.2 Å². The van der Waals surface area contributed by atoms with Crippen LogP contribution in [0.2, 0.25) is 5.02 Å². The van der Waals surface area contributed by atoms with Gasteiger partial charge in [-0.3, -0.25) is 14.5 Å². The fraction of sp³-hybridized carbons (Fsp3) is 0.179. The standard InChI is InChI=1S/C28H23ClN2O5S/c1-3-35-19-11-7-16(8-12-19)24-23(25(32)17-5-9-18(29)10-6-17)26(33)27(34)31(24)28-30-21-14-13-20(36-4-2)15-22(21)37-28/h5-15,24,32H,3-4H2,1-2H3/b25-23+/t24-/m0/s1. The lowest BCUT2D eigenvalue weighted by Crippen LogP contribution is -2.29. The number of hydrogen-bond acceptors (Lipinski definition) is 7. The average molecular weight is 535 g/mol. The first kappa shape index (κ1) is 24.8. The summed E-state index contributed by atoms with van der Waals surface area (Å²) in [5.74, 6) is -0.488. The van der Waals surface area contributed by atoms with E-state index >= 15 is 0 Å². The summed E-state index contributed by atoms with van der Waals surface area (Å²) in [5.41, 5.74) is 1.66. The molecule has 37 heavy (non-hydrogen) atoms. The predicted molar refractivity (Wildman–Crippen MR) is 145 cm³/mol. The number of amides is 1. The van der Waals surface area contributed by atoms with Gasteiger partial charge >= 0.3 is 5.91 Å². The molecule has 1 amide bonds. The molecule has 1 aliphatic rings. The number of hydrogen-bond donors (Lipinski definition) is 1. The zero-order valence-corrected chi connectivity index (χ0v) is 21.7. The van der Waals surface area contributed by atoms with Crippen LogP contribution in [0.4, 0.5) is 5.13 Å². The molecule has 0 aliphatic carbocycles. The Hall–Kier alpha value is -3.88. The molecule has 188 valence electrons. The van der Waals surface area contributed by atoms with Gasteiger partial charge in [0.25, 0.3) is 5.78 Å². The Morgan fingerprint density at radius 3 is 2.30 bits per heavy atom. The van der Waals surface area contributed by atoms with Gasteiger partial charge in [-0.2, -0.15) is 0 Å². The maximum atomic E-state index is 13.4. The number of ketones is 1. The smallest absolute Gasteiger partial charge is 0.301 e. The van der Waals surface area contributed by atoms with Crippen LogP contribution in [0.15, 0.2) is 72.3 Å². The molecular weight excluding hydrogens is 512 g/mol. The summed E-state index contributed by atoms with van der Waals surface area (Å²) in [7, 11) is 0. The van der Waals surface area contributed by atoms with Gasteiger partial charge in [-0.25, -0.2) is 4.98 Å². The molecule has 1 aliphatic heterocycles. The third kappa shape index (κ3) is 4.65. The van der Waals surface area contributed by atoms with E-state index in [1.807, 2.05) is 32.0 Å². The quantitative estimate of drug-likeness (QED) is 0.168. The maximum absolute atomic E-state index is 13.4. The van der Waals surface area contributed by atoms with Crippen molar-refractivity contribution in [2.75, 3.05) is 18.1 Å². The lowest BCUT2D eigenvalue weighted by molar-refractivity contribution is -0.132. The van der Waals surface area contributed by atoms with Crippen LogP contribution in [0, 0.1) is 0 Å². The zero-order chi connectivity index (χ0) is 26.1. The minimum absolute atomic E-state index is 0.0225. The Balaban J connectivity index is 1.67. The maximum Gasteiger partial charge on any atom is 0.301 e. The van der Waals surface area contributed by atoms with Crippen LogP contribution < -0.4 is 14.4 Å². The second-order valence-corrected chi connectivity index (χ2v) is 9.68. The number of aromatic nitrogens is 1. The molecule has 1 saturated heterocycles. The van der Waals surface area contributed by atoms with Crippen molar-refractivity contribution in [2.24, 2.45) is 0 Å². The molecule has 1 aromatic heterocycles. The number of thiazole rings is 1. The molecule has 0 radical (unpaired) electrons. The molecule has 1 fully saturated rings. The highest BCUT2D eigenvalue weighted by Crippen LogP contribution is 2.45. The second-order valence-electron chi connectivity index (χ2n) is 8.24. The van der Waals surface area contributed by atoms with Gasteiger partial charge in [0.15, 0.2) is 5.13 Å². The van der Waals surface area contributed by atoms with Crippen LogP contribution in [0.1, 0.15) is 31.0 Å². The van der Waals surface area contributed by atoms with Gasteiger partial charge in [-0.05, 0) is 74.0 Å². The zero-order valence-electron chi connectivity index (χ0n) is 20.1. The Labute approximate surface area is 222 Å². The van der Waals surface area contributed by atoms with E-state index in [0.29, 0.717) is 51.5 Å². The third-order valence-corrected chi connectivity index (χ3v) is 7.20. The highest BCUT2D eigenvalue weighted by molar-refractivity contribution is 7.22. The van der Waals surface area contributed by atoms with Crippen LogP contribution in [0.25, 0.3) is 16.0 Å². The van der Waals surface area contributed by atoms with E-state index < -0.39 is 17.7 Å². The summed E-state index contributed by atoms with van der Waals surface area (Å²) < 4.78 is 12.0. The molecular formula is C28H23ClN2O5S. The molecule has 0 saturated carbocycles. The van der Waals surface area contributed by atoms with Crippen molar-refractivity contribution in [3.8, 4) is 11.5 Å². The molecule has 3 aromatic carbocycles. The number of carbonyl (C=O) groups is 2. The van der Waals surface area contributed by atoms with Crippen molar-refractivity contribution in [3.63, 3.8) is 0 Å². The van der Waals surface area contributed by atoms with Gasteiger partial charge in [-0.1, -0.05) is 35.1 Å². The Bertz CT molecular complexity index is 1510. The minimum Gasteiger partial charge on any atom is -0.507 e. The summed E-state index contributed by atoms with van der Waals surface area (Å²) >= 11 is 7.29. The van der Waals surface area contributed by atoms with Crippen molar-refractivity contribution in [1.82, 2.24) is 4.98 Å². The van der Waals surface area contributed by atoms with Crippen LogP contribution >= 0.6 is 22.9 Å². The summed E-state index contributed by atoms with van der Waals surface area (Å²) in [6, 6.07) is 18.1. The summed E-state index contributed by atoms with van der Waals surface area (Å²) in [5, 5.41) is 12.1. The van der Waals surface area contributed by atoms with Crippen LogP contribution in [-0.2, 0) is 9.59 Å². The molecule has 0 unspecified atom stereocenters. The van der Waals surface area contributed by atoms with Gasteiger partial charge in [0, 0.05) is 10.6 Å². The number of aliphatic hydroxyl groups is 1. The number of Topliss-reactive ketones (excluding diaryl/α,β-unsaturated/α-hetero) is 1. The number of carbonyl (C=O) groups excluding carboxylic acids is 2. The van der Waals surface area contributed by atoms with Crippen molar-refractivity contribution in [1.29, 1.82) is 0 Å². The molecule has 0 bridgehead atoms. The average Bonchev–Trinajstić information content (AvgIpc) is 3.43. The number of nitrogens with zero attached hydrogens (tertiary/aromatic N) is 2. The third-order valence-electron chi connectivity index (χ3n) is 5.93. The second kappa shape index (κ2) is 10.2. The Morgan fingerprint density at radius 2 is 1.62 bits per heavy atom. The molecule has 1 atom stereocenters. The van der Waals surface area contributed by atoms with Gasteiger partial charge in [-0.15, -0.1) is 0 Å². The Morgan fingerprint density at radius 1 is 0.973 bits per heavy atom. The van der Waals surface area contributed by atoms with E-state index in [1.54, 1.807) is 48.5 Å². The summed E-state index contributed by atoms with van der Waals surface area (Å²) in [6.45, 7) is 4.82. The molecule has 5 rings (SSSR count). The van der Waals surface area contributed by atoms with E-state index in [0.717, 1.165) is 4.70 Å². The molecule has 7 nitrogen and oxygen atoms in total. The monoisotopic (exact) mass is 534 g/mol. The summed E-state index contributed by atoms with van der Waals surface area (Å²) in [4.78, 5) is 32.8. The molecule has 0 spiro atoms. The van der Waals surface area contributed by atoms with Crippen LogP contribution in [0.3, 0.4) is 0 Å². The SMILES string of the molecule is CCOc1ccc([C@H]2/C(=C(\O)c3ccc(Cl)cc3)C(=O)C(=O)N2c2nc3ccc(OCC)cc3s2)cc1. The normalized spacial score (nSPS) is 16.9. The first-order valence-corrected chi connectivity index (χ1v) is 12.9. The van der Waals surface area contributed by atoms with E-state index in [2.05, 4.69) is 4.98 Å². The van der Waals surface area contributed by atoms with Gasteiger partial charge in [0.05, 0.1) is 35.0 Å². The number of fused-ring (bicyclic) bond motifs is 1. The van der Waals surface area contributed by atoms with Gasteiger partial charge in [0.2, 0.25) is 0 Å². The van der Waals surface area contributed by atoms with Gasteiger partial charge < -0.3 is 14.6 Å². The minimum atomic E-state index is -0.890. The lowest BCUT2D eigenvalue weighted by Gasteiger charge is -2.23.